The van der Waals surface area contributed by atoms with Crippen LogP contribution in [-0.4, -0.2) is 33.1 Å². The van der Waals surface area contributed by atoms with Crippen molar-refractivity contribution in [3.63, 3.8) is 0 Å². The van der Waals surface area contributed by atoms with Crippen LogP contribution < -0.4 is 9.47 Å². The first kappa shape index (κ1) is 47.3. The largest absolute Gasteiger partial charge is 0.494 e. The summed E-state index contributed by atoms with van der Waals surface area (Å²) in [6.45, 7) is 10.6. The Kier molecular flexibility index (Phi) is 22.0. The SMILES string of the molecule is CCCCCCCC1CCC(c2cnc(-c3ccc(OCCCCC)cc3)nc2)CC1.CCCCCOc1ccc(-c2ncc(C3CCC(CCCCC)CC3)cn2)cc1. The van der Waals surface area contributed by atoms with E-state index in [9.17, 15) is 0 Å². The summed E-state index contributed by atoms with van der Waals surface area (Å²) in [5.74, 6) is 6.65. The van der Waals surface area contributed by atoms with E-state index in [4.69, 9.17) is 9.47 Å². The molecule has 6 nitrogen and oxygen atoms in total. The molecule has 2 aromatic carbocycles. The molecule has 0 bridgehead atoms. The van der Waals surface area contributed by atoms with E-state index in [1.807, 2.05) is 24.3 Å². The van der Waals surface area contributed by atoms with Gasteiger partial charge in [-0.2, -0.15) is 0 Å². The molecule has 2 aromatic heterocycles. The van der Waals surface area contributed by atoms with Crippen LogP contribution in [0.15, 0.2) is 73.3 Å². The van der Waals surface area contributed by atoms with Gasteiger partial charge in [0.05, 0.1) is 13.2 Å². The lowest BCUT2D eigenvalue weighted by atomic mass is 9.77. The Hall–Kier alpha value is -3.80. The summed E-state index contributed by atoms with van der Waals surface area (Å²) in [5.41, 5.74) is 4.74. The molecule has 0 N–H and O–H groups in total. The standard InChI is InChI=1S/C28H42N2O.C26H38N2O/c1-3-5-7-8-9-11-23-12-14-24(15-13-23)26-21-29-28(30-22-26)25-16-18-27(19-17-25)31-20-10-6-4-2;1-3-5-7-9-21-10-12-22(13-11-21)24-19-27-26(28-20-24)23-14-16-25(17-15-23)29-18-8-6-4-2/h16-19,21-24H,3-15,20H2,1-2H3;14-17,19-22H,3-13,18H2,1-2H3. The van der Waals surface area contributed by atoms with Crippen LogP contribution >= 0.6 is 0 Å². The normalized spacial score (nSPS) is 19.0. The van der Waals surface area contributed by atoms with Gasteiger partial charge in [-0.15, -0.1) is 0 Å². The molecule has 6 heteroatoms. The van der Waals surface area contributed by atoms with Gasteiger partial charge in [0, 0.05) is 35.9 Å². The van der Waals surface area contributed by atoms with E-state index in [1.165, 1.54) is 152 Å². The summed E-state index contributed by atoms with van der Waals surface area (Å²) in [5, 5.41) is 0. The Morgan fingerprint density at radius 3 is 1.12 bits per heavy atom. The molecular weight excluding hydrogens is 737 g/mol. The summed E-state index contributed by atoms with van der Waals surface area (Å²) >= 11 is 0. The molecule has 4 aromatic rings. The quantitative estimate of drug-likeness (QED) is 0.0656. The second kappa shape index (κ2) is 27.9. The summed E-state index contributed by atoms with van der Waals surface area (Å²) in [4.78, 5) is 18.7. The van der Waals surface area contributed by atoms with Crippen molar-refractivity contribution in [2.75, 3.05) is 13.2 Å². The first-order valence-electron chi connectivity index (χ1n) is 24.7. The van der Waals surface area contributed by atoms with Gasteiger partial charge in [-0.3, -0.25) is 0 Å². The van der Waals surface area contributed by atoms with Crippen LogP contribution in [-0.2, 0) is 0 Å². The molecule has 2 aliphatic carbocycles. The molecule has 2 aliphatic rings. The molecule has 0 amide bonds. The third-order valence-electron chi connectivity index (χ3n) is 13.2. The molecule has 0 aliphatic heterocycles. The maximum Gasteiger partial charge on any atom is 0.159 e. The van der Waals surface area contributed by atoms with E-state index in [2.05, 4.69) is 96.7 Å². The molecular formula is C54H80N4O2. The topological polar surface area (TPSA) is 70.0 Å². The predicted octanol–water partition coefficient (Wildman–Crippen LogP) is 15.9. The summed E-state index contributed by atoms with van der Waals surface area (Å²) in [7, 11) is 0. The first-order chi connectivity index (χ1) is 29.6. The summed E-state index contributed by atoms with van der Waals surface area (Å²) in [6, 6.07) is 16.4. The number of rotatable bonds is 24. The van der Waals surface area contributed by atoms with Gasteiger partial charge in [-0.25, -0.2) is 19.9 Å². The molecule has 328 valence electrons. The highest BCUT2D eigenvalue weighted by Crippen LogP contribution is 2.39. The number of hydrogen-bond donors (Lipinski definition) is 0. The zero-order valence-corrected chi connectivity index (χ0v) is 38.2. The molecule has 6 rings (SSSR count). The van der Waals surface area contributed by atoms with Crippen LogP contribution in [0.4, 0.5) is 0 Å². The average molecular weight is 817 g/mol. The minimum atomic E-state index is 0.643. The Bertz CT molecular complexity index is 1660. The Labute approximate surface area is 365 Å². The van der Waals surface area contributed by atoms with Gasteiger partial charge in [0.15, 0.2) is 11.6 Å². The highest BCUT2D eigenvalue weighted by molar-refractivity contribution is 5.57. The highest BCUT2D eigenvalue weighted by Gasteiger charge is 2.24. The van der Waals surface area contributed by atoms with Gasteiger partial charge in [-0.05, 0) is 148 Å². The lowest BCUT2D eigenvalue weighted by Gasteiger charge is -2.28. The number of benzene rings is 2. The minimum absolute atomic E-state index is 0.643. The van der Waals surface area contributed by atoms with Crippen molar-refractivity contribution in [3.05, 3.63) is 84.4 Å². The Morgan fingerprint density at radius 2 is 0.733 bits per heavy atom. The van der Waals surface area contributed by atoms with Crippen LogP contribution in [0, 0.1) is 11.8 Å². The van der Waals surface area contributed by atoms with E-state index >= 15 is 0 Å². The van der Waals surface area contributed by atoms with Crippen LogP contribution in [0.2, 0.25) is 0 Å². The van der Waals surface area contributed by atoms with E-state index < -0.39 is 0 Å². The lowest BCUT2D eigenvalue weighted by Crippen LogP contribution is -2.14. The van der Waals surface area contributed by atoms with Crippen molar-refractivity contribution < 1.29 is 9.47 Å². The van der Waals surface area contributed by atoms with E-state index in [0.29, 0.717) is 11.8 Å². The van der Waals surface area contributed by atoms with E-state index in [-0.39, 0.29) is 0 Å². The van der Waals surface area contributed by atoms with Crippen LogP contribution in [0.5, 0.6) is 11.5 Å². The number of nitrogens with zero attached hydrogens (tertiary/aromatic N) is 4. The van der Waals surface area contributed by atoms with Gasteiger partial charge in [-0.1, -0.05) is 118 Å². The summed E-state index contributed by atoms with van der Waals surface area (Å²) in [6.07, 6.45) is 40.0. The van der Waals surface area contributed by atoms with Gasteiger partial charge in [0.1, 0.15) is 11.5 Å². The predicted molar refractivity (Wildman–Crippen MR) is 252 cm³/mol. The molecule has 0 radical (unpaired) electrons. The number of ether oxygens (including phenoxy) is 2. The molecule has 0 unspecified atom stereocenters. The monoisotopic (exact) mass is 817 g/mol. The van der Waals surface area contributed by atoms with Gasteiger partial charge in [0.25, 0.3) is 0 Å². The fourth-order valence-electron chi connectivity index (χ4n) is 9.17. The maximum atomic E-state index is 5.81. The Balaban J connectivity index is 0.000000228. The van der Waals surface area contributed by atoms with Crippen molar-refractivity contribution in [2.45, 2.75) is 194 Å². The van der Waals surface area contributed by atoms with Crippen molar-refractivity contribution in [2.24, 2.45) is 11.8 Å². The van der Waals surface area contributed by atoms with Crippen molar-refractivity contribution in [1.29, 1.82) is 0 Å². The highest BCUT2D eigenvalue weighted by atomic mass is 16.5. The fourth-order valence-corrected chi connectivity index (χ4v) is 9.17. The second-order valence-corrected chi connectivity index (χ2v) is 18.0. The second-order valence-electron chi connectivity index (χ2n) is 18.0. The van der Waals surface area contributed by atoms with Gasteiger partial charge < -0.3 is 9.47 Å². The molecule has 0 saturated heterocycles. The maximum absolute atomic E-state index is 5.81. The number of aromatic nitrogens is 4. The average Bonchev–Trinajstić information content (AvgIpc) is 3.30. The molecule has 2 heterocycles. The van der Waals surface area contributed by atoms with E-state index in [1.54, 1.807) is 0 Å². The molecule has 0 atom stereocenters. The van der Waals surface area contributed by atoms with Crippen molar-refractivity contribution in [1.82, 2.24) is 19.9 Å². The van der Waals surface area contributed by atoms with Crippen LogP contribution in [0.3, 0.4) is 0 Å². The fraction of sp³-hybridized carbons (Fsp3) is 0.630. The number of hydrogen-bond acceptors (Lipinski definition) is 6. The van der Waals surface area contributed by atoms with Gasteiger partial charge >= 0.3 is 0 Å². The molecule has 0 spiro atoms. The third-order valence-corrected chi connectivity index (χ3v) is 13.2. The van der Waals surface area contributed by atoms with Gasteiger partial charge in [0.2, 0.25) is 0 Å². The van der Waals surface area contributed by atoms with Crippen LogP contribution in [0.25, 0.3) is 22.8 Å². The zero-order valence-electron chi connectivity index (χ0n) is 38.2. The first-order valence-corrected chi connectivity index (χ1v) is 24.7. The molecule has 2 fully saturated rings. The van der Waals surface area contributed by atoms with Crippen molar-refractivity contribution >= 4 is 0 Å². The van der Waals surface area contributed by atoms with Crippen LogP contribution in [0.1, 0.15) is 205 Å². The third kappa shape index (κ3) is 16.6. The van der Waals surface area contributed by atoms with Crippen molar-refractivity contribution in [3.8, 4) is 34.3 Å². The minimum Gasteiger partial charge on any atom is -0.494 e. The Morgan fingerprint density at radius 1 is 0.400 bits per heavy atom. The molecule has 2 saturated carbocycles. The smallest absolute Gasteiger partial charge is 0.159 e. The lowest BCUT2D eigenvalue weighted by molar-refractivity contribution is 0.301. The summed E-state index contributed by atoms with van der Waals surface area (Å²) < 4.78 is 11.6. The molecule has 60 heavy (non-hydrogen) atoms. The van der Waals surface area contributed by atoms with E-state index in [0.717, 1.165) is 72.2 Å². The number of unbranched alkanes of at least 4 members (excludes halogenated alkanes) is 10. The zero-order chi connectivity index (χ0) is 42.0.